The molecule has 1 amide bonds. The minimum absolute atomic E-state index is 0.215. The molecule has 0 aromatic rings. The van der Waals surface area contributed by atoms with Crippen LogP contribution in [0.5, 0.6) is 0 Å². The van der Waals surface area contributed by atoms with Crippen molar-refractivity contribution in [2.75, 3.05) is 26.2 Å². The fourth-order valence-corrected chi connectivity index (χ4v) is 3.50. The molecule has 19 heavy (non-hydrogen) atoms. The van der Waals surface area contributed by atoms with Crippen LogP contribution in [0.2, 0.25) is 0 Å². The number of hydrogen-bond acceptors (Lipinski definition) is 2. The maximum absolute atomic E-state index is 12.9. The second kappa shape index (κ2) is 5.82. The van der Waals surface area contributed by atoms with Gasteiger partial charge < -0.3 is 10.2 Å². The molecule has 2 heterocycles. The first-order valence-electron chi connectivity index (χ1n) is 7.93. The van der Waals surface area contributed by atoms with Crippen LogP contribution in [0.1, 0.15) is 47.0 Å². The standard InChI is InChI=1S/C16H30N2O/c1-12-7-9-18(11-13(12)2)15(19)16(3,4)14-6-5-8-17-10-14/h12-14,17H,5-11H2,1-4H3. The Morgan fingerprint density at radius 3 is 2.53 bits per heavy atom. The highest BCUT2D eigenvalue weighted by Crippen LogP contribution is 2.35. The van der Waals surface area contributed by atoms with Gasteiger partial charge in [-0.15, -0.1) is 0 Å². The van der Waals surface area contributed by atoms with Crippen LogP contribution in [0.15, 0.2) is 0 Å². The lowest BCUT2D eigenvalue weighted by Gasteiger charge is -2.43. The lowest BCUT2D eigenvalue weighted by atomic mass is 9.73. The van der Waals surface area contributed by atoms with Gasteiger partial charge in [-0.2, -0.15) is 0 Å². The van der Waals surface area contributed by atoms with Crippen molar-refractivity contribution >= 4 is 5.91 Å². The van der Waals surface area contributed by atoms with E-state index in [1.807, 2.05) is 0 Å². The van der Waals surface area contributed by atoms with Crippen molar-refractivity contribution in [1.82, 2.24) is 10.2 Å². The lowest BCUT2D eigenvalue weighted by Crippen LogP contribution is -2.52. The maximum Gasteiger partial charge on any atom is 0.228 e. The summed E-state index contributed by atoms with van der Waals surface area (Å²) in [6, 6.07) is 0. The Hall–Kier alpha value is -0.570. The van der Waals surface area contributed by atoms with Gasteiger partial charge in [-0.3, -0.25) is 4.79 Å². The molecule has 3 unspecified atom stereocenters. The van der Waals surface area contributed by atoms with Gasteiger partial charge in [-0.1, -0.05) is 27.7 Å². The number of carbonyl (C=O) groups is 1. The Bertz CT molecular complexity index is 321. The Labute approximate surface area is 118 Å². The summed E-state index contributed by atoms with van der Waals surface area (Å²) >= 11 is 0. The molecule has 2 saturated heterocycles. The summed E-state index contributed by atoms with van der Waals surface area (Å²) in [5, 5.41) is 3.44. The molecule has 0 spiro atoms. The zero-order chi connectivity index (χ0) is 14.0. The number of nitrogens with zero attached hydrogens (tertiary/aromatic N) is 1. The van der Waals surface area contributed by atoms with Gasteiger partial charge in [0, 0.05) is 18.5 Å². The third kappa shape index (κ3) is 3.13. The van der Waals surface area contributed by atoms with Crippen LogP contribution >= 0.6 is 0 Å². The number of piperidine rings is 2. The molecule has 0 aliphatic carbocycles. The van der Waals surface area contributed by atoms with Gasteiger partial charge in [0.25, 0.3) is 0 Å². The predicted molar refractivity (Wildman–Crippen MR) is 78.9 cm³/mol. The van der Waals surface area contributed by atoms with Crippen LogP contribution in [-0.2, 0) is 4.79 Å². The highest BCUT2D eigenvalue weighted by molar-refractivity contribution is 5.82. The predicted octanol–water partition coefficient (Wildman–Crippen LogP) is 2.52. The summed E-state index contributed by atoms with van der Waals surface area (Å²) in [5.41, 5.74) is -0.215. The molecule has 3 atom stereocenters. The molecule has 0 saturated carbocycles. The minimum Gasteiger partial charge on any atom is -0.342 e. The summed E-state index contributed by atoms with van der Waals surface area (Å²) < 4.78 is 0. The maximum atomic E-state index is 12.9. The number of hydrogen-bond donors (Lipinski definition) is 1. The zero-order valence-electron chi connectivity index (χ0n) is 13.0. The van der Waals surface area contributed by atoms with E-state index in [2.05, 4.69) is 37.9 Å². The van der Waals surface area contributed by atoms with Crippen molar-refractivity contribution in [2.24, 2.45) is 23.2 Å². The Morgan fingerprint density at radius 1 is 1.21 bits per heavy atom. The van der Waals surface area contributed by atoms with Gasteiger partial charge in [-0.25, -0.2) is 0 Å². The monoisotopic (exact) mass is 266 g/mol. The van der Waals surface area contributed by atoms with Crippen molar-refractivity contribution in [2.45, 2.75) is 47.0 Å². The molecule has 110 valence electrons. The highest BCUT2D eigenvalue weighted by atomic mass is 16.2. The van der Waals surface area contributed by atoms with Crippen molar-refractivity contribution in [1.29, 1.82) is 0 Å². The molecule has 3 heteroatoms. The SMILES string of the molecule is CC1CCN(C(=O)C(C)(C)C2CCCNC2)CC1C. The quantitative estimate of drug-likeness (QED) is 0.833. The van der Waals surface area contributed by atoms with Gasteiger partial charge in [0.15, 0.2) is 0 Å². The fourth-order valence-electron chi connectivity index (χ4n) is 3.50. The first kappa shape index (κ1) is 14.8. The molecule has 1 N–H and O–H groups in total. The molecular weight excluding hydrogens is 236 g/mol. The summed E-state index contributed by atoms with van der Waals surface area (Å²) in [5.74, 6) is 2.25. The van der Waals surface area contributed by atoms with Gasteiger partial charge in [-0.05, 0) is 50.1 Å². The summed E-state index contributed by atoms with van der Waals surface area (Å²) in [4.78, 5) is 15.0. The molecule has 2 fully saturated rings. The number of likely N-dealkylation sites (tertiary alicyclic amines) is 1. The second-order valence-electron chi connectivity index (χ2n) is 7.26. The van der Waals surface area contributed by atoms with E-state index >= 15 is 0 Å². The molecule has 2 rings (SSSR count). The number of nitrogens with one attached hydrogen (secondary N) is 1. The number of carbonyl (C=O) groups excluding carboxylic acids is 1. The smallest absolute Gasteiger partial charge is 0.228 e. The molecule has 3 nitrogen and oxygen atoms in total. The number of amides is 1. The fraction of sp³-hybridized carbons (Fsp3) is 0.938. The van der Waals surface area contributed by atoms with Crippen molar-refractivity contribution in [3.05, 3.63) is 0 Å². The average Bonchev–Trinajstić information content (AvgIpc) is 2.42. The van der Waals surface area contributed by atoms with Crippen molar-refractivity contribution in [3.8, 4) is 0 Å². The zero-order valence-corrected chi connectivity index (χ0v) is 13.0. The molecule has 0 bridgehead atoms. The van der Waals surface area contributed by atoms with Crippen LogP contribution in [-0.4, -0.2) is 37.0 Å². The van der Waals surface area contributed by atoms with E-state index in [0.717, 1.165) is 38.5 Å². The molecule has 0 radical (unpaired) electrons. The number of rotatable bonds is 2. The third-order valence-corrected chi connectivity index (χ3v) is 5.49. The van der Waals surface area contributed by atoms with E-state index in [-0.39, 0.29) is 5.41 Å². The van der Waals surface area contributed by atoms with Gasteiger partial charge in [0.2, 0.25) is 5.91 Å². The van der Waals surface area contributed by atoms with Crippen molar-refractivity contribution in [3.63, 3.8) is 0 Å². The second-order valence-corrected chi connectivity index (χ2v) is 7.26. The van der Waals surface area contributed by atoms with E-state index in [0.29, 0.717) is 17.7 Å². The van der Waals surface area contributed by atoms with Crippen LogP contribution in [0, 0.1) is 23.2 Å². The first-order chi connectivity index (χ1) is 8.93. The Balaban J connectivity index is 2.01. The lowest BCUT2D eigenvalue weighted by molar-refractivity contribution is -0.146. The molecule has 2 aliphatic rings. The van der Waals surface area contributed by atoms with Crippen molar-refractivity contribution < 1.29 is 4.79 Å². The first-order valence-corrected chi connectivity index (χ1v) is 7.93. The van der Waals surface area contributed by atoms with Crippen LogP contribution in [0.25, 0.3) is 0 Å². The van der Waals surface area contributed by atoms with Gasteiger partial charge in [0.1, 0.15) is 0 Å². The van der Waals surface area contributed by atoms with E-state index in [1.54, 1.807) is 0 Å². The minimum atomic E-state index is -0.215. The summed E-state index contributed by atoms with van der Waals surface area (Å²) in [6.45, 7) is 12.9. The largest absolute Gasteiger partial charge is 0.342 e. The normalized spacial score (nSPS) is 33.3. The summed E-state index contributed by atoms with van der Waals surface area (Å²) in [6.07, 6.45) is 3.55. The highest BCUT2D eigenvalue weighted by Gasteiger charge is 2.41. The molecule has 2 aliphatic heterocycles. The Kier molecular flexibility index (Phi) is 4.54. The third-order valence-electron chi connectivity index (χ3n) is 5.49. The van der Waals surface area contributed by atoms with Crippen LogP contribution < -0.4 is 5.32 Å². The van der Waals surface area contributed by atoms with Gasteiger partial charge in [0.05, 0.1) is 0 Å². The molecule has 0 aromatic carbocycles. The topological polar surface area (TPSA) is 32.3 Å². The van der Waals surface area contributed by atoms with E-state index in [9.17, 15) is 4.79 Å². The van der Waals surface area contributed by atoms with Crippen LogP contribution in [0.3, 0.4) is 0 Å². The molecule has 0 aromatic heterocycles. The van der Waals surface area contributed by atoms with Crippen LogP contribution in [0.4, 0.5) is 0 Å². The van der Waals surface area contributed by atoms with E-state index in [4.69, 9.17) is 0 Å². The average molecular weight is 266 g/mol. The van der Waals surface area contributed by atoms with E-state index in [1.165, 1.54) is 12.8 Å². The summed E-state index contributed by atoms with van der Waals surface area (Å²) in [7, 11) is 0. The molecular formula is C16H30N2O. The van der Waals surface area contributed by atoms with E-state index < -0.39 is 0 Å². The van der Waals surface area contributed by atoms with Gasteiger partial charge >= 0.3 is 0 Å². The Morgan fingerprint density at radius 2 is 1.95 bits per heavy atom.